The molecule has 0 aliphatic rings. The summed E-state index contributed by atoms with van der Waals surface area (Å²) in [7, 11) is 1.38. The van der Waals surface area contributed by atoms with Crippen LogP contribution in [0.15, 0.2) is 18.2 Å². The largest absolute Gasteiger partial charge is 0.468 e. The van der Waals surface area contributed by atoms with Gasteiger partial charge in [-0.05, 0) is 38.0 Å². The smallest absolute Gasteiger partial charge is 0.325 e. The van der Waals surface area contributed by atoms with Gasteiger partial charge in [-0.1, -0.05) is 12.1 Å². The Kier molecular flexibility index (Phi) is 3.69. The molecule has 19 heavy (non-hydrogen) atoms. The van der Waals surface area contributed by atoms with Crippen LogP contribution in [0.3, 0.4) is 0 Å². The van der Waals surface area contributed by atoms with E-state index in [0.29, 0.717) is 0 Å². The van der Waals surface area contributed by atoms with Crippen LogP contribution in [0.25, 0.3) is 10.9 Å². The second-order valence-corrected chi connectivity index (χ2v) is 4.64. The number of fused-ring (bicyclic) bond motifs is 1. The molecule has 0 aliphatic carbocycles. The predicted molar refractivity (Wildman–Crippen MR) is 76.5 cm³/mol. The van der Waals surface area contributed by atoms with Crippen LogP contribution in [0.2, 0.25) is 0 Å². The summed E-state index contributed by atoms with van der Waals surface area (Å²) in [5, 5.41) is 4.14. The molecule has 0 atom stereocenters. The molecule has 4 heteroatoms. The molecule has 1 aromatic heterocycles. The van der Waals surface area contributed by atoms with Gasteiger partial charge in [0.1, 0.15) is 6.54 Å². The van der Waals surface area contributed by atoms with Crippen LogP contribution >= 0.6 is 0 Å². The fourth-order valence-corrected chi connectivity index (χ4v) is 2.04. The fourth-order valence-electron chi connectivity index (χ4n) is 2.04. The minimum Gasteiger partial charge on any atom is -0.468 e. The van der Waals surface area contributed by atoms with Crippen LogP contribution in [-0.2, 0) is 9.53 Å². The molecule has 0 unspecified atom stereocenters. The Labute approximate surface area is 112 Å². The standard InChI is InChI=1S/C15H18N2O2/c1-9-5-6-12-13(16-8-14(18)19-4)7-10(2)17-15(12)11(9)3/h5-7H,8H2,1-4H3,(H,16,17). The van der Waals surface area contributed by atoms with E-state index in [-0.39, 0.29) is 12.5 Å². The molecule has 0 aliphatic heterocycles. The molecule has 2 aromatic rings. The van der Waals surface area contributed by atoms with Crippen molar-refractivity contribution in [1.29, 1.82) is 0 Å². The lowest BCUT2D eigenvalue weighted by molar-refractivity contribution is -0.138. The monoisotopic (exact) mass is 258 g/mol. The van der Waals surface area contributed by atoms with E-state index in [1.165, 1.54) is 18.2 Å². The molecule has 1 N–H and O–H groups in total. The van der Waals surface area contributed by atoms with E-state index in [0.717, 1.165) is 22.3 Å². The molecule has 0 saturated carbocycles. The third-order valence-electron chi connectivity index (χ3n) is 3.28. The average Bonchev–Trinajstić information content (AvgIpc) is 2.40. The van der Waals surface area contributed by atoms with Crippen LogP contribution in [0.4, 0.5) is 5.69 Å². The van der Waals surface area contributed by atoms with Gasteiger partial charge in [-0.2, -0.15) is 0 Å². The third-order valence-corrected chi connectivity index (χ3v) is 3.28. The zero-order valence-electron chi connectivity index (χ0n) is 11.7. The molecule has 2 rings (SSSR count). The average molecular weight is 258 g/mol. The highest BCUT2D eigenvalue weighted by Crippen LogP contribution is 2.27. The zero-order valence-corrected chi connectivity index (χ0v) is 11.7. The topological polar surface area (TPSA) is 51.2 Å². The molecule has 100 valence electrons. The number of hydrogen-bond acceptors (Lipinski definition) is 4. The van der Waals surface area contributed by atoms with Crippen molar-refractivity contribution >= 4 is 22.6 Å². The number of rotatable bonds is 3. The van der Waals surface area contributed by atoms with Gasteiger partial charge in [0, 0.05) is 16.8 Å². The third kappa shape index (κ3) is 2.67. The number of benzene rings is 1. The number of aryl methyl sites for hydroxylation is 3. The summed E-state index contributed by atoms with van der Waals surface area (Å²) < 4.78 is 4.64. The molecule has 0 bridgehead atoms. The van der Waals surface area contributed by atoms with Gasteiger partial charge in [-0.25, -0.2) is 0 Å². The number of nitrogens with zero attached hydrogens (tertiary/aromatic N) is 1. The first-order valence-electron chi connectivity index (χ1n) is 6.21. The molecule has 0 fully saturated rings. The van der Waals surface area contributed by atoms with Crippen LogP contribution in [0.5, 0.6) is 0 Å². The first-order valence-corrected chi connectivity index (χ1v) is 6.21. The zero-order chi connectivity index (χ0) is 14.0. The minimum atomic E-state index is -0.286. The maximum Gasteiger partial charge on any atom is 0.325 e. The van der Waals surface area contributed by atoms with Crippen molar-refractivity contribution in [3.63, 3.8) is 0 Å². The van der Waals surface area contributed by atoms with Crippen LogP contribution in [0.1, 0.15) is 16.8 Å². The Morgan fingerprint density at radius 1 is 1.32 bits per heavy atom. The number of methoxy groups -OCH3 is 1. The van der Waals surface area contributed by atoms with Crippen molar-refractivity contribution in [2.24, 2.45) is 0 Å². The summed E-state index contributed by atoms with van der Waals surface area (Å²) >= 11 is 0. The quantitative estimate of drug-likeness (QED) is 0.860. The first kappa shape index (κ1) is 13.3. The molecule has 0 spiro atoms. The number of esters is 1. The highest BCUT2D eigenvalue weighted by atomic mass is 16.5. The SMILES string of the molecule is COC(=O)CNc1cc(C)nc2c(C)c(C)ccc12. The summed E-state index contributed by atoms with van der Waals surface area (Å²) in [6.07, 6.45) is 0. The Morgan fingerprint density at radius 3 is 2.74 bits per heavy atom. The van der Waals surface area contributed by atoms with Gasteiger partial charge in [-0.15, -0.1) is 0 Å². The summed E-state index contributed by atoms with van der Waals surface area (Å²) in [6.45, 7) is 6.24. The van der Waals surface area contributed by atoms with Crippen molar-refractivity contribution in [3.05, 3.63) is 35.0 Å². The Morgan fingerprint density at radius 2 is 2.05 bits per heavy atom. The van der Waals surface area contributed by atoms with Gasteiger partial charge in [0.15, 0.2) is 0 Å². The number of carbonyl (C=O) groups excluding carboxylic acids is 1. The fraction of sp³-hybridized carbons (Fsp3) is 0.333. The number of ether oxygens (including phenoxy) is 1. The highest BCUT2D eigenvalue weighted by molar-refractivity contribution is 5.94. The van der Waals surface area contributed by atoms with E-state index in [1.54, 1.807) is 0 Å². The predicted octanol–water partition coefficient (Wildman–Crippen LogP) is 2.74. The Balaban J connectivity index is 2.49. The van der Waals surface area contributed by atoms with Gasteiger partial charge < -0.3 is 10.1 Å². The molecule has 0 amide bonds. The van der Waals surface area contributed by atoms with E-state index in [4.69, 9.17) is 0 Å². The molecule has 4 nitrogen and oxygen atoms in total. The maximum absolute atomic E-state index is 11.2. The van der Waals surface area contributed by atoms with Crippen molar-refractivity contribution in [1.82, 2.24) is 4.98 Å². The summed E-state index contributed by atoms with van der Waals surface area (Å²) in [5.41, 5.74) is 5.20. The first-order chi connectivity index (χ1) is 9.02. The number of nitrogens with one attached hydrogen (secondary N) is 1. The maximum atomic E-state index is 11.2. The highest BCUT2D eigenvalue weighted by Gasteiger charge is 2.09. The summed E-state index contributed by atoms with van der Waals surface area (Å²) in [5.74, 6) is -0.286. The van der Waals surface area contributed by atoms with Crippen molar-refractivity contribution in [2.75, 3.05) is 19.0 Å². The number of hydrogen-bond donors (Lipinski definition) is 1. The Bertz CT molecular complexity index is 636. The van der Waals surface area contributed by atoms with Crippen LogP contribution in [-0.4, -0.2) is 24.6 Å². The van der Waals surface area contributed by atoms with E-state index >= 15 is 0 Å². The molecule has 0 radical (unpaired) electrons. The normalized spacial score (nSPS) is 10.5. The number of pyridine rings is 1. The number of anilines is 1. The van der Waals surface area contributed by atoms with Gasteiger partial charge in [0.05, 0.1) is 12.6 Å². The van der Waals surface area contributed by atoms with Crippen LogP contribution < -0.4 is 5.32 Å². The lowest BCUT2D eigenvalue weighted by atomic mass is 10.0. The van der Waals surface area contributed by atoms with E-state index in [2.05, 4.69) is 35.0 Å². The summed E-state index contributed by atoms with van der Waals surface area (Å²) in [6, 6.07) is 6.04. The van der Waals surface area contributed by atoms with Gasteiger partial charge in [0.2, 0.25) is 0 Å². The van der Waals surface area contributed by atoms with E-state index in [1.807, 2.05) is 19.1 Å². The molecule has 1 aromatic carbocycles. The number of carbonyl (C=O) groups is 1. The number of aromatic nitrogens is 1. The molecule has 0 saturated heterocycles. The lowest BCUT2D eigenvalue weighted by Crippen LogP contribution is -2.15. The summed E-state index contributed by atoms with van der Waals surface area (Å²) in [4.78, 5) is 15.8. The Hall–Kier alpha value is -2.10. The van der Waals surface area contributed by atoms with Gasteiger partial charge in [-0.3, -0.25) is 9.78 Å². The molecular formula is C15H18N2O2. The minimum absolute atomic E-state index is 0.155. The van der Waals surface area contributed by atoms with Crippen molar-refractivity contribution in [2.45, 2.75) is 20.8 Å². The second kappa shape index (κ2) is 5.26. The van der Waals surface area contributed by atoms with Crippen molar-refractivity contribution in [3.8, 4) is 0 Å². The molecular weight excluding hydrogens is 240 g/mol. The van der Waals surface area contributed by atoms with E-state index < -0.39 is 0 Å². The van der Waals surface area contributed by atoms with Gasteiger partial charge >= 0.3 is 5.97 Å². The lowest BCUT2D eigenvalue weighted by Gasteiger charge is -2.12. The van der Waals surface area contributed by atoms with E-state index in [9.17, 15) is 4.79 Å². The van der Waals surface area contributed by atoms with Crippen LogP contribution in [0, 0.1) is 20.8 Å². The second-order valence-electron chi connectivity index (χ2n) is 4.64. The van der Waals surface area contributed by atoms with Gasteiger partial charge in [0.25, 0.3) is 0 Å². The molecule has 1 heterocycles. The van der Waals surface area contributed by atoms with Crippen molar-refractivity contribution < 1.29 is 9.53 Å².